The molecular formula is C12H9NO2. The molecule has 1 aromatic rings. The Labute approximate surface area is 87.1 Å². The summed E-state index contributed by atoms with van der Waals surface area (Å²) in [6.45, 7) is 0. The van der Waals surface area contributed by atoms with Crippen molar-refractivity contribution in [3.05, 3.63) is 47.6 Å². The van der Waals surface area contributed by atoms with Crippen LogP contribution >= 0.6 is 0 Å². The zero-order valence-electron chi connectivity index (χ0n) is 7.92. The summed E-state index contributed by atoms with van der Waals surface area (Å²) in [5, 5.41) is 8.92. The highest BCUT2D eigenvalue weighted by atomic mass is 16.4. The highest BCUT2D eigenvalue weighted by molar-refractivity contribution is 5.98. The Hall–Kier alpha value is -2.16. The average Bonchev–Trinajstić information content (AvgIpc) is 2.18. The summed E-state index contributed by atoms with van der Waals surface area (Å²) in [5.74, 6) is -0.934. The Morgan fingerprint density at radius 2 is 2.07 bits per heavy atom. The van der Waals surface area contributed by atoms with Crippen LogP contribution in [0.25, 0.3) is 6.08 Å². The number of fused-ring (bicyclic) bond motifs is 1. The van der Waals surface area contributed by atoms with Gasteiger partial charge in [-0.1, -0.05) is 18.2 Å². The van der Waals surface area contributed by atoms with Crippen molar-refractivity contribution in [2.75, 3.05) is 0 Å². The van der Waals surface area contributed by atoms with Gasteiger partial charge in [-0.05, 0) is 24.3 Å². The first kappa shape index (κ1) is 9.40. The van der Waals surface area contributed by atoms with Gasteiger partial charge in [-0.15, -0.1) is 0 Å². The molecule has 0 spiro atoms. The van der Waals surface area contributed by atoms with Gasteiger partial charge in [-0.25, -0.2) is 4.79 Å². The SMILES string of the molecule is O=C(O)C1=C/c2ccccc2N=C/C=C\1. The van der Waals surface area contributed by atoms with E-state index in [-0.39, 0.29) is 5.57 Å². The van der Waals surface area contributed by atoms with Crippen LogP contribution < -0.4 is 0 Å². The minimum Gasteiger partial charge on any atom is -0.478 e. The molecular weight excluding hydrogens is 190 g/mol. The molecule has 0 amide bonds. The Morgan fingerprint density at radius 3 is 2.87 bits per heavy atom. The molecule has 1 aliphatic rings. The zero-order chi connectivity index (χ0) is 10.7. The summed E-state index contributed by atoms with van der Waals surface area (Å²) >= 11 is 0. The standard InChI is InChI=1S/C12H9NO2/c14-12(15)10-5-3-7-13-11-6-2-1-4-9(11)8-10/h1-8H,(H,14,15)/b5-3-,7-3?,9-8?,10-5?,10-8+,13-7?,13-11?. The Bertz CT molecular complexity index is 484. The third kappa shape index (κ3) is 2.02. The summed E-state index contributed by atoms with van der Waals surface area (Å²) in [5.41, 5.74) is 1.85. The van der Waals surface area contributed by atoms with Crippen LogP contribution in [0.4, 0.5) is 5.69 Å². The first-order valence-corrected chi connectivity index (χ1v) is 4.52. The molecule has 1 aliphatic heterocycles. The zero-order valence-corrected chi connectivity index (χ0v) is 7.92. The van der Waals surface area contributed by atoms with Crippen molar-refractivity contribution < 1.29 is 9.90 Å². The Morgan fingerprint density at radius 1 is 1.27 bits per heavy atom. The molecule has 2 rings (SSSR count). The summed E-state index contributed by atoms with van der Waals surface area (Å²) in [4.78, 5) is 15.1. The van der Waals surface area contributed by atoms with Crippen molar-refractivity contribution in [3.63, 3.8) is 0 Å². The number of rotatable bonds is 1. The lowest BCUT2D eigenvalue weighted by atomic mass is 10.1. The fraction of sp³-hybridized carbons (Fsp3) is 0. The average molecular weight is 199 g/mol. The lowest BCUT2D eigenvalue weighted by molar-refractivity contribution is -0.132. The van der Waals surface area contributed by atoms with Gasteiger partial charge < -0.3 is 5.11 Å². The number of carboxylic acids is 1. The second-order valence-electron chi connectivity index (χ2n) is 3.10. The summed E-state index contributed by atoms with van der Waals surface area (Å²) in [6.07, 6.45) is 6.36. The maximum absolute atomic E-state index is 10.9. The summed E-state index contributed by atoms with van der Waals surface area (Å²) in [7, 11) is 0. The van der Waals surface area contributed by atoms with Crippen LogP contribution in [0.2, 0.25) is 0 Å². The first-order valence-electron chi connectivity index (χ1n) is 4.52. The minimum atomic E-state index is -0.934. The van der Waals surface area contributed by atoms with E-state index in [1.54, 1.807) is 18.4 Å². The fourth-order valence-electron chi connectivity index (χ4n) is 1.35. The van der Waals surface area contributed by atoms with E-state index < -0.39 is 5.97 Å². The van der Waals surface area contributed by atoms with E-state index >= 15 is 0 Å². The van der Waals surface area contributed by atoms with E-state index in [0.717, 1.165) is 11.3 Å². The number of carbonyl (C=O) groups is 1. The number of carboxylic acid groups (broad SMARTS) is 1. The van der Waals surface area contributed by atoms with Crippen LogP contribution in [0.3, 0.4) is 0 Å². The maximum Gasteiger partial charge on any atom is 0.335 e. The van der Waals surface area contributed by atoms with Crippen molar-refractivity contribution in [2.24, 2.45) is 4.99 Å². The van der Waals surface area contributed by atoms with E-state index in [0.29, 0.717) is 0 Å². The minimum absolute atomic E-state index is 0.258. The molecule has 0 atom stereocenters. The number of para-hydroxylation sites is 1. The number of hydrogen-bond acceptors (Lipinski definition) is 2. The molecule has 1 heterocycles. The predicted octanol–water partition coefficient (Wildman–Crippen LogP) is 2.43. The van der Waals surface area contributed by atoms with Crippen molar-refractivity contribution in [3.8, 4) is 0 Å². The molecule has 1 N–H and O–H groups in total. The van der Waals surface area contributed by atoms with Crippen molar-refractivity contribution in [2.45, 2.75) is 0 Å². The normalized spacial score (nSPS) is 19.3. The van der Waals surface area contributed by atoms with Crippen LogP contribution in [-0.2, 0) is 4.79 Å². The van der Waals surface area contributed by atoms with Gasteiger partial charge in [-0.3, -0.25) is 4.99 Å². The fourth-order valence-corrected chi connectivity index (χ4v) is 1.35. The van der Waals surface area contributed by atoms with E-state index in [1.807, 2.05) is 24.3 Å². The van der Waals surface area contributed by atoms with Crippen LogP contribution in [0.15, 0.2) is 47.0 Å². The van der Waals surface area contributed by atoms with E-state index in [2.05, 4.69) is 4.99 Å². The summed E-state index contributed by atoms with van der Waals surface area (Å²) in [6, 6.07) is 7.42. The number of hydrogen-bond donors (Lipinski definition) is 1. The number of allylic oxidation sites excluding steroid dienone is 1. The molecule has 0 saturated carbocycles. The molecule has 0 aromatic heterocycles. The predicted molar refractivity (Wildman–Crippen MR) is 59.3 cm³/mol. The third-order valence-corrected chi connectivity index (χ3v) is 2.07. The summed E-state index contributed by atoms with van der Waals surface area (Å²) < 4.78 is 0. The Balaban J connectivity index is 2.56. The van der Waals surface area contributed by atoms with Gasteiger partial charge >= 0.3 is 5.97 Å². The number of aliphatic carboxylic acids is 1. The number of aliphatic imine (C=N–C) groups is 1. The molecule has 0 unspecified atom stereocenters. The maximum atomic E-state index is 10.9. The van der Waals surface area contributed by atoms with Crippen LogP contribution in [0, 0.1) is 0 Å². The molecule has 74 valence electrons. The quantitative estimate of drug-likeness (QED) is 0.755. The third-order valence-electron chi connectivity index (χ3n) is 2.07. The molecule has 15 heavy (non-hydrogen) atoms. The van der Waals surface area contributed by atoms with Crippen molar-refractivity contribution >= 4 is 23.9 Å². The van der Waals surface area contributed by atoms with Crippen LogP contribution in [-0.4, -0.2) is 17.3 Å². The van der Waals surface area contributed by atoms with E-state index in [1.165, 1.54) is 6.08 Å². The topological polar surface area (TPSA) is 49.7 Å². The van der Waals surface area contributed by atoms with Crippen molar-refractivity contribution in [1.29, 1.82) is 0 Å². The molecule has 0 aliphatic carbocycles. The van der Waals surface area contributed by atoms with Gasteiger partial charge in [0.15, 0.2) is 0 Å². The first-order chi connectivity index (χ1) is 7.27. The van der Waals surface area contributed by atoms with E-state index in [4.69, 9.17) is 5.11 Å². The molecule has 3 nitrogen and oxygen atoms in total. The second-order valence-corrected chi connectivity index (χ2v) is 3.10. The van der Waals surface area contributed by atoms with Gasteiger partial charge in [0.2, 0.25) is 0 Å². The molecule has 0 bridgehead atoms. The van der Waals surface area contributed by atoms with E-state index in [9.17, 15) is 4.79 Å². The lowest BCUT2D eigenvalue weighted by Crippen LogP contribution is -1.98. The monoisotopic (exact) mass is 199 g/mol. The highest BCUT2D eigenvalue weighted by Gasteiger charge is 2.06. The smallest absolute Gasteiger partial charge is 0.335 e. The van der Waals surface area contributed by atoms with Gasteiger partial charge in [-0.2, -0.15) is 0 Å². The van der Waals surface area contributed by atoms with Crippen LogP contribution in [0.1, 0.15) is 5.56 Å². The Kier molecular flexibility index (Phi) is 2.46. The molecule has 0 saturated heterocycles. The van der Waals surface area contributed by atoms with Gasteiger partial charge in [0.1, 0.15) is 0 Å². The number of benzene rings is 1. The van der Waals surface area contributed by atoms with Crippen LogP contribution in [0.5, 0.6) is 0 Å². The molecule has 3 heteroatoms. The highest BCUT2D eigenvalue weighted by Crippen LogP contribution is 2.22. The molecule has 0 radical (unpaired) electrons. The largest absolute Gasteiger partial charge is 0.478 e. The van der Waals surface area contributed by atoms with Gasteiger partial charge in [0.05, 0.1) is 11.3 Å². The molecule has 1 aromatic carbocycles. The van der Waals surface area contributed by atoms with Gasteiger partial charge in [0.25, 0.3) is 0 Å². The number of nitrogens with zero attached hydrogens (tertiary/aromatic N) is 1. The lowest BCUT2D eigenvalue weighted by Gasteiger charge is -2.03. The van der Waals surface area contributed by atoms with Gasteiger partial charge in [0, 0.05) is 11.8 Å². The second kappa shape index (κ2) is 3.92. The molecule has 0 fully saturated rings. The van der Waals surface area contributed by atoms with Crippen molar-refractivity contribution in [1.82, 2.24) is 0 Å².